The number of likely N-dealkylation sites (tertiary alicyclic amines) is 1. The van der Waals surface area contributed by atoms with Crippen molar-refractivity contribution in [2.45, 2.75) is 13.5 Å². The van der Waals surface area contributed by atoms with E-state index >= 15 is 0 Å². The van der Waals surface area contributed by atoms with Gasteiger partial charge in [-0.3, -0.25) is 4.79 Å². The van der Waals surface area contributed by atoms with E-state index in [1.807, 2.05) is 11.8 Å². The summed E-state index contributed by atoms with van der Waals surface area (Å²) in [5.41, 5.74) is 0.904. The molecule has 0 spiro atoms. The summed E-state index contributed by atoms with van der Waals surface area (Å²) in [6.07, 6.45) is 0. The molecule has 2 aliphatic heterocycles. The van der Waals surface area contributed by atoms with Gasteiger partial charge in [0.1, 0.15) is 11.4 Å². The van der Waals surface area contributed by atoms with Crippen LogP contribution < -0.4 is 10.1 Å². The minimum absolute atomic E-state index is 0.102. The van der Waals surface area contributed by atoms with Crippen LogP contribution in [0.1, 0.15) is 21.1 Å². The van der Waals surface area contributed by atoms with E-state index in [1.165, 1.54) is 11.3 Å². The molecule has 0 bridgehead atoms. The molecule has 25 heavy (non-hydrogen) atoms. The predicted octanol–water partition coefficient (Wildman–Crippen LogP) is 1.45. The fraction of sp³-hybridized carbons (Fsp3) is 0.588. The maximum atomic E-state index is 13.1. The second-order valence-electron chi connectivity index (χ2n) is 6.71. The maximum Gasteiger partial charge on any atom is 0.264 e. The number of amides is 1. The molecule has 134 valence electrons. The number of carbonyl (C=O) groups is 1. The lowest BCUT2D eigenvalue weighted by molar-refractivity contribution is 0.0786. The zero-order valence-electron chi connectivity index (χ0n) is 14.7. The van der Waals surface area contributed by atoms with Crippen molar-refractivity contribution < 1.29 is 14.3 Å². The Hall–Kier alpha value is -1.77. The Balaban J connectivity index is 1.70. The van der Waals surface area contributed by atoms with Crippen molar-refractivity contribution in [1.82, 2.24) is 20.2 Å². The lowest BCUT2D eigenvalue weighted by Crippen LogP contribution is -2.31. The molecule has 2 saturated heterocycles. The Kier molecular flexibility index (Phi) is 4.35. The largest absolute Gasteiger partial charge is 0.480 e. The fourth-order valence-corrected chi connectivity index (χ4v) is 5.01. The number of fused-ring (bicyclic) bond motifs is 2. The van der Waals surface area contributed by atoms with Crippen molar-refractivity contribution in [3.63, 3.8) is 0 Å². The first kappa shape index (κ1) is 16.7. The summed E-state index contributed by atoms with van der Waals surface area (Å²) < 4.78 is 10.6. The van der Waals surface area contributed by atoms with Gasteiger partial charge in [0.05, 0.1) is 17.4 Å². The molecule has 0 radical (unpaired) electrons. The van der Waals surface area contributed by atoms with Crippen molar-refractivity contribution >= 4 is 27.5 Å². The van der Waals surface area contributed by atoms with Gasteiger partial charge < -0.3 is 19.7 Å². The number of nitrogens with zero attached hydrogens (tertiary/aromatic N) is 3. The summed E-state index contributed by atoms with van der Waals surface area (Å²) in [6.45, 7) is 5.96. The van der Waals surface area contributed by atoms with E-state index in [-0.39, 0.29) is 5.91 Å². The van der Waals surface area contributed by atoms with Crippen molar-refractivity contribution in [2.75, 3.05) is 40.4 Å². The minimum atomic E-state index is 0.102. The van der Waals surface area contributed by atoms with Crippen LogP contribution in [0.4, 0.5) is 0 Å². The second-order valence-corrected chi connectivity index (χ2v) is 7.71. The summed E-state index contributed by atoms with van der Waals surface area (Å²) >= 11 is 1.42. The Labute approximate surface area is 150 Å². The SMILES string of the molecule is COCc1nc(OC)c2c(C)c(C(=O)N3C[C@H]4CNC[C@H]4C3)sc2n1. The molecule has 2 aliphatic rings. The molecule has 4 heterocycles. The highest BCUT2D eigenvalue weighted by atomic mass is 32.1. The number of thiophene rings is 1. The van der Waals surface area contributed by atoms with Gasteiger partial charge in [0.15, 0.2) is 5.82 Å². The van der Waals surface area contributed by atoms with Crippen LogP contribution in [0, 0.1) is 18.8 Å². The topological polar surface area (TPSA) is 76.6 Å². The minimum Gasteiger partial charge on any atom is -0.480 e. The molecule has 0 unspecified atom stereocenters. The standard InChI is InChI=1S/C17H22N4O3S/c1-9-13-15(24-3)19-12(8-23-2)20-16(13)25-14(9)17(22)21-6-10-4-18-5-11(10)7-21/h10-11,18H,4-8H2,1-3H3/t10-,11+. The first-order chi connectivity index (χ1) is 12.1. The third kappa shape index (κ3) is 2.78. The van der Waals surface area contributed by atoms with E-state index in [9.17, 15) is 4.79 Å². The Bertz CT molecular complexity index is 810. The third-order valence-corrected chi connectivity index (χ3v) is 6.31. The summed E-state index contributed by atoms with van der Waals surface area (Å²) in [5, 5.41) is 4.24. The number of methoxy groups -OCH3 is 2. The van der Waals surface area contributed by atoms with E-state index in [2.05, 4.69) is 15.3 Å². The number of ether oxygens (including phenoxy) is 2. The van der Waals surface area contributed by atoms with Crippen molar-refractivity contribution in [3.8, 4) is 5.88 Å². The van der Waals surface area contributed by atoms with Gasteiger partial charge in [-0.05, 0) is 24.3 Å². The first-order valence-electron chi connectivity index (χ1n) is 8.45. The van der Waals surface area contributed by atoms with E-state index < -0.39 is 0 Å². The van der Waals surface area contributed by atoms with Gasteiger partial charge in [-0.25, -0.2) is 4.98 Å². The van der Waals surface area contributed by atoms with E-state index in [0.717, 1.165) is 46.8 Å². The molecule has 8 heteroatoms. The van der Waals surface area contributed by atoms with Crippen LogP contribution in [-0.4, -0.2) is 61.2 Å². The van der Waals surface area contributed by atoms with Crippen LogP contribution in [0.5, 0.6) is 5.88 Å². The van der Waals surface area contributed by atoms with Crippen LogP contribution in [0.2, 0.25) is 0 Å². The molecule has 2 atom stereocenters. The van der Waals surface area contributed by atoms with E-state index in [4.69, 9.17) is 9.47 Å². The average molecular weight is 362 g/mol. The molecule has 4 rings (SSSR count). The van der Waals surface area contributed by atoms with E-state index in [0.29, 0.717) is 30.1 Å². The quantitative estimate of drug-likeness (QED) is 0.887. The smallest absolute Gasteiger partial charge is 0.264 e. The van der Waals surface area contributed by atoms with Gasteiger partial charge >= 0.3 is 0 Å². The number of hydrogen-bond acceptors (Lipinski definition) is 7. The number of carbonyl (C=O) groups excluding carboxylic acids is 1. The monoisotopic (exact) mass is 362 g/mol. The molecular weight excluding hydrogens is 340 g/mol. The number of aromatic nitrogens is 2. The van der Waals surface area contributed by atoms with Crippen LogP contribution in [0.3, 0.4) is 0 Å². The Morgan fingerprint density at radius 2 is 2.00 bits per heavy atom. The highest BCUT2D eigenvalue weighted by Gasteiger charge is 2.39. The van der Waals surface area contributed by atoms with Crippen molar-refractivity contribution in [3.05, 3.63) is 16.3 Å². The molecule has 1 N–H and O–H groups in total. The molecule has 2 aromatic heterocycles. The van der Waals surface area contributed by atoms with Crippen LogP contribution in [0.15, 0.2) is 0 Å². The highest BCUT2D eigenvalue weighted by molar-refractivity contribution is 7.20. The van der Waals surface area contributed by atoms with Crippen LogP contribution in [-0.2, 0) is 11.3 Å². The van der Waals surface area contributed by atoms with Gasteiger partial charge in [-0.2, -0.15) is 4.98 Å². The Morgan fingerprint density at radius 3 is 2.64 bits per heavy atom. The number of aryl methyl sites for hydroxylation is 1. The van der Waals surface area contributed by atoms with Crippen LogP contribution in [0.25, 0.3) is 10.2 Å². The summed E-state index contributed by atoms with van der Waals surface area (Å²) in [4.78, 5) is 25.5. The third-order valence-electron chi connectivity index (χ3n) is 5.14. The molecule has 0 aromatic carbocycles. The van der Waals surface area contributed by atoms with Crippen molar-refractivity contribution in [1.29, 1.82) is 0 Å². The normalized spacial score (nSPS) is 22.6. The number of hydrogen-bond donors (Lipinski definition) is 1. The highest BCUT2D eigenvalue weighted by Crippen LogP contribution is 2.37. The molecule has 1 amide bonds. The maximum absolute atomic E-state index is 13.1. The van der Waals surface area contributed by atoms with Crippen LogP contribution >= 0.6 is 11.3 Å². The lowest BCUT2D eigenvalue weighted by Gasteiger charge is -2.17. The average Bonchev–Trinajstić information content (AvgIpc) is 3.27. The molecule has 0 saturated carbocycles. The molecule has 0 aliphatic carbocycles. The van der Waals surface area contributed by atoms with E-state index in [1.54, 1.807) is 14.2 Å². The molecule has 2 aromatic rings. The first-order valence-corrected chi connectivity index (χ1v) is 9.27. The molecule has 7 nitrogen and oxygen atoms in total. The summed E-state index contributed by atoms with van der Waals surface area (Å²) in [6, 6.07) is 0. The Morgan fingerprint density at radius 1 is 1.28 bits per heavy atom. The number of rotatable bonds is 4. The van der Waals surface area contributed by atoms with Gasteiger partial charge in [0.2, 0.25) is 5.88 Å². The number of nitrogens with one attached hydrogen (secondary N) is 1. The second kappa shape index (κ2) is 6.51. The molecule has 2 fully saturated rings. The van der Waals surface area contributed by atoms with Gasteiger partial charge in [0, 0.05) is 33.3 Å². The summed E-state index contributed by atoms with van der Waals surface area (Å²) in [5.74, 6) is 2.34. The zero-order chi connectivity index (χ0) is 17.6. The fourth-order valence-electron chi connectivity index (χ4n) is 3.85. The summed E-state index contributed by atoms with van der Waals surface area (Å²) in [7, 11) is 3.19. The van der Waals surface area contributed by atoms with Gasteiger partial charge in [-0.15, -0.1) is 11.3 Å². The van der Waals surface area contributed by atoms with Gasteiger partial charge in [0.25, 0.3) is 5.91 Å². The molecular formula is C17H22N4O3S. The van der Waals surface area contributed by atoms with Crippen molar-refractivity contribution in [2.24, 2.45) is 11.8 Å². The zero-order valence-corrected chi connectivity index (χ0v) is 15.5. The predicted molar refractivity (Wildman–Crippen MR) is 95.2 cm³/mol. The lowest BCUT2D eigenvalue weighted by atomic mass is 10.0. The van der Waals surface area contributed by atoms with Gasteiger partial charge in [-0.1, -0.05) is 0 Å².